The van der Waals surface area contributed by atoms with Gasteiger partial charge in [-0.3, -0.25) is 9.78 Å². The van der Waals surface area contributed by atoms with Crippen LogP contribution in [0, 0.1) is 5.41 Å². The van der Waals surface area contributed by atoms with Crippen molar-refractivity contribution in [1.82, 2.24) is 15.2 Å². The third-order valence-electron chi connectivity index (χ3n) is 4.27. The van der Waals surface area contributed by atoms with Gasteiger partial charge >= 0.3 is 0 Å². The second kappa shape index (κ2) is 4.69. The number of carbonyl (C=O) groups excluding carboxylic acids is 1. The second-order valence-electron chi connectivity index (χ2n) is 5.44. The Kier molecular flexibility index (Phi) is 3.04. The number of hydrogen-bond acceptors (Lipinski definition) is 3. The molecule has 2 aliphatic heterocycles. The van der Waals surface area contributed by atoms with Crippen molar-refractivity contribution in [2.75, 3.05) is 26.2 Å². The summed E-state index contributed by atoms with van der Waals surface area (Å²) in [6, 6.07) is 5.52. The summed E-state index contributed by atoms with van der Waals surface area (Å²) in [5, 5.41) is 3.40. The molecule has 18 heavy (non-hydrogen) atoms. The lowest BCUT2D eigenvalue weighted by Crippen LogP contribution is -2.39. The first-order chi connectivity index (χ1) is 8.79. The van der Waals surface area contributed by atoms with E-state index in [0.717, 1.165) is 32.6 Å². The third-order valence-corrected chi connectivity index (χ3v) is 4.27. The van der Waals surface area contributed by atoms with Crippen LogP contribution in [-0.4, -0.2) is 42.0 Å². The van der Waals surface area contributed by atoms with E-state index >= 15 is 0 Å². The maximum absolute atomic E-state index is 12.3. The number of likely N-dealkylation sites (tertiary alicyclic amines) is 1. The molecule has 2 aliphatic rings. The van der Waals surface area contributed by atoms with Gasteiger partial charge in [0.15, 0.2) is 0 Å². The minimum atomic E-state index is 0.0889. The van der Waals surface area contributed by atoms with Gasteiger partial charge in [0.2, 0.25) is 0 Å². The van der Waals surface area contributed by atoms with Crippen LogP contribution in [0.4, 0.5) is 0 Å². The van der Waals surface area contributed by atoms with E-state index in [1.165, 1.54) is 12.8 Å². The number of rotatable bonds is 1. The van der Waals surface area contributed by atoms with Gasteiger partial charge in [-0.05, 0) is 49.9 Å². The summed E-state index contributed by atoms with van der Waals surface area (Å²) < 4.78 is 0. The minimum Gasteiger partial charge on any atom is -0.337 e. The van der Waals surface area contributed by atoms with Crippen molar-refractivity contribution in [3.8, 4) is 0 Å². The Labute approximate surface area is 107 Å². The maximum atomic E-state index is 12.3. The Morgan fingerprint density at radius 3 is 2.83 bits per heavy atom. The lowest BCUT2D eigenvalue weighted by atomic mass is 9.78. The molecule has 0 aromatic carbocycles. The Hall–Kier alpha value is -1.42. The van der Waals surface area contributed by atoms with Gasteiger partial charge in [-0.2, -0.15) is 0 Å². The zero-order valence-corrected chi connectivity index (χ0v) is 10.6. The molecule has 0 unspecified atom stereocenters. The smallest absolute Gasteiger partial charge is 0.272 e. The molecule has 1 spiro atoms. The van der Waals surface area contributed by atoms with Gasteiger partial charge < -0.3 is 10.2 Å². The SMILES string of the molecule is O=C(c1ccccn1)N1CCC2(CCNCC2)C1. The van der Waals surface area contributed by atoms with Crippen molar-refractivity contribution >= 4 is 5.91 Å². The van der Waals surface area contributed by atoms with E-state index < -0.39 is 0 Å². The van der Waals surface area contributed by atoms with Crippen LogP contribution in [-0.2, 0) is 0 Å². The normalized spacial score (nSPS) is 22.3. The number of carbonyl (C=O) groups is 1. The molecule has 2 fully saturated rings. The van der Waals surface area contributed by atoms with Crippen molar-refractivity contribution in [3.63, 3.8) is 0 Å². The van der Waals surface area contributed by atoms with Crippen molar-refractivity contribution in [2.45, 2.75) is 19.3 Å². The summed E-state index contributed by atoms with van der Waals surface area (Å²) in [7, 11) is 0. The van der Waals surface area contributed by atoms with Gasteiger partial charge in [0.05, 0.1) is 0 Å². The van der Waals surface area contributed by atoms with Crippen LogP contribution in [0.1, 0.15) is 29.8 Å². The number of nitrogens with zero attached hydrogens (tertiary/aromatic N) is 2. The third kappa shape index (κ3) is 2.12. The largest absolute Gasteiger partial charge is 0.337 e. The molecule has 3 rings (SSSR count). The Morgan fingerprint density at radius 1 is 1.28 bits per heavy atom. The molecule has 1 aromatic heterocycles. The number of hydrogen-bond donors (Lipinski definition) is 1. The lowest BCUT2D eigenvalue weighted by molar-refractivity contribution is 0.0756. The van der Waals surface area contributed by atoms with Gasteiger partial charge in [0.1, 0.15) is 5.69 Å². The average Bonchev–Trinajstić information content (AvgIpc) is 2.83. The summed E-state index contributed by atoms with van der Waals surface area (Å²) in [4.78, 5) is 18.5. The van der Waals surface area contributed by atoms with Crippen LogP contribution in [0.25, 0.3) is 0 Å². The number of pyridine rings is 1. The van der Waals surface area contributed by atoms with E-state index in [-0.39, 0.29) is 5.91 Å². The molecule has 1 N–H and O–H groups in total. The first-order valence-corrected chi connectivity index (χ1v) is 6.70. The van der Waals surface area contributed by atoms with Crippen molar-refractivity contribution in [3.05, 3.63) is 30.1 Å². The van der Waals surface area contributed by atoms with E-state index in [0.29, 0.717) is 11.1 Å². The molecule has 4 nitrogen and oxygen atoms in total. The first kappa shape index (κ1) is 11.7. The predicted molar refractivity (Wildman–Crippen MR) is 69.3 cm³/mol. The summed E-state index contributed by atoms with van der Waals surface area (Å²) >= 11 is 0. The fourth-order valence-electron chi connectivity index (χ4n) is 3.12. The fourth-order valence-corrected chi connectivity index (χ4v) is 3.12. The van der Waals surface area contributed by atoms with Crippen LogP contribution in [0.2, 0.25) is 0 Å². The summed E-state index contributed by atoms with van der Waals surface area (Å²) in [5.74, 6) is 0.0889. The van der Waals surface area contributed by atoms with E-state index in [2.05, 4.69) is 10.3 Å². The number of amides is 1. The molecule has 2 saturated heterocycles. The highest BCUT2D eigenvalue weighted by Crippen LogP contribution is 2.38. The van der Waals surface area contributed by atoms with Gasteiger partial charge in [-0.15, -0.1) is 0 Å². The first-order valence-electron chi connectivity index (χ1n) is 6.70. The van der Waals surface area contributed by atoms with Gasteiger partial charge in [0.25, 0.3) is 5.91 Å². The van der Waals surface area contributed by atoms with E-state index in [4.69, 9.17) is 0 Å². The lowest BCUT2D eigenvalue weighted by Gasteiger charge is -2.33. The quantitative estimate of drug-likeness (QED) is 0.811. The fraction of sp³-hybridized carbons (Fsp3) is 0.571. The van der Waals surface area contributed by atoms with Crippen LogP contribution in [0.15, 0.2) is 24.4 Å². The number of nitrogens with one attached hydrogen (secondary N) is 1. The number of piperidine rings is 1. The van der Waals surface area contributed by atoms with Crippen molar-refractivity contribution < 1.29 is 4.79 Å². The van der Waals surface area contributed by atoms with E-state index in [1.807, 2.05) is 17.0 Å². The van der Waals surface area contributed by atoms with Crippen LogP contribution >= 0.6 is 0 Å². The van der Waals surface area contributed by atoms with Gasteiger partial charge in [-0.25, -0.2) is 0 Å². The van der Waals surface area contributed by atoms with Crippen LogP contribution in [0.3, 0.4) is 0 Å². The Balaban J connectivity index is 1.70. The van der Waals surface area contributed by atoms with Crippen LogP contribution in [0.5, 0.6) is 0 Å². The zero-order valence-electron chi connectivity index (χ0n) is 10.6. The molecule has 4 heteroatoms. The molecule has 0 atom stereocenters. The van der Waals surface area contributed by atoms with E-state index in [1.54, 1.807) is 12.3 Å². The highest BCUT2D eigenvalue weighted by molar-refractivity contribution is 5.92. The molecule has 0 radical (unpaired) electrons. The monoisotopic (exact) mass is 245 g/mol. The maximum Gasteiger partial charge on any atom is 0.272 e. The minimum absolute atomic E-state index is 0.0889. The Bertz CT molecular complexity index is 426. The number of aromatic nitrogens is 1. The van der Waals surface area contributed by atoms with Gasteiger partial charge in [-0.1, -0.05) is 6.07 Å². The van der Waals surface area contributed by atoms with E-state index in [9.17, 15) is 4.79 Å². The highest BCUT2D eigenvalue weighted by Gasteiger charge is 2.40. The topological polar surface area (TPSA) is 45.2 Å². The molecule has 1 amide bonds. The summed E-state index contributed by atoms with van der Waals surface area (Å²) in [5.41, 5.74) is 0.943. The Morgan fingerprint density at radius 2 is 2.11 bits per heavy atom. The summed E-state index contributed by atoms with van der Waals surface area (Å²) in [6.07, 6.45) is 5.22. The second-order valence-corrected chi connectivity index (χ2v) is 5.44. The molecule has 3 heterocycles. The zero-order chi connectivity index (χ0) is 12.4. The molecule has 0 aliphatic carbocycles. The molecular weight excluding hydrogens is 226 g/mol. The molecule has 0 bridgehead atoms. The molecule has 1 aromatic rings. The van der Waals surface area contributed by atoms with Crippen molar-refractivity contribution in [1.29, 1.82) is 0 Å². The molecule has 0 saturated carbocycles. The highest BCUT2D eigenvalue weighted by atomic mass is 16.2. The van der Waals surface area contributed by atoms with Crippen molar-refractivity contribution in [2.24, 2.45) is 5.41 Å². The summed E-state index contributed by atoms with van der Waals surface area (Å²) in [6.45, 7) is 3.97. The standard InChI is InChI=1S/C14H19N3O/c18-13(12-3-1-2-7-16-12)17-10-6-14(11-17)4-8-15-9-5-14/h1-3,7,15H,4-6,8-11H2. The van der Waals surface area contributed by atoms with Gasteiger partial charge in [0, 0.05) is 19.3 Å². The molecular formula is C14H19N3O. The average molecular weight is 245 g/mol. The molecule has 96 valence electrons. The van der Waals surface area contributed by atoms with Crippen LogP contribution < -0.4 is 5.32 Å². The predicted octanol–water partition coefficient (Wildman–Crippen LogP) is 1.30.